The first-order valence-corrected chi connectivity index (χ1v) is 6.31. The monoisotopic (exact) mass is 280 g/mol. The molecule has 3 aromatic rings. The lowest BCUT2D eigenvalue weighted by Gasteiger charge is -2.02. The maximum absolute atomic E-state index is 12.2. The number of hydrogen-bond donors (Lipinski definition) is 1. The molecule has 1 aromatic carbocycles. The van der Waals surface area contributed by atoms with E-state index in [-0.39, 0.29) is 5.49 Å². The van der Waals surface area contributed by atoms with Crippen LogP contribution in [0.2, 0.25) is 0 Å². The predicted octanol–water partition coefficient (Wildman–Crippen LogP) is 1.29. The summed E-state index contributed by atoms with van der Waals surface area (Å²) in [5.74, 6) is 0. The van der Waals surface area contributed by atoms with Gasteiger partial charge in [-0.1, -0.05) is 35.5 Å². The Morgan fingerprint density at radius 1 is 1.19 bits per heavy atom. The highest BCUT2D eigenvalue weighted by Gasteiger charge is 2.09. The van der Waals surface area contributed by atoms with Crippen LogP contribution in [0.25, 0.3) is 22.2 Å². The number of aryl methyl sites for hydroxylation is 1. The highest BCUT2D eigenvalue weighted by atomic mass is 16.4. The third-order valence-corrected chi connectivity index (χ3v) is 3.27. The normalized spacial score (nSPS) is 11.8. The lowest BCUT2D eigenvalue weighted by atomic mass is 10.1. The van der Waals surface area contributed by atoms with Gasteiger partial charge in [0, 0.05) is 30.4 Å². The summed E-state index contributed by atoms with van der Waals surface area (Å²) in [6, 6.07) is 11.1. The van der Waals surface area contributed by atoms with Crippen molar-refractivity contribution in [1.82, 2.24) is 14.5 Å². The fourth-order valence-electron chi connectivity index (χ4n) is 2.22. The van der Waals surface area contributed by atoms with Gasteiger partial charge >= 0.3 is 0 Å². The summed E-state index contributed by atoms with van der Waals surface area (Å²) in [6.45, 7) is 0. The van der Waals surface area contributed by atoms with Gasteiger partial charge < -0.3 is 9.77 Å². The summed E-state index contributed by atoms with van der Waals surface area (Å²) in [6.07, 6.45) is 3.25. The summed E-state index contributed by atoms with van der Waals surface area (Å²) in [5.41, 5.74) is 1.29. The van der Waals surface area contributed by atoms with Gasteiger partial charge in [0.05, 0.1) is 11.2 Å². The van der Waals surface area contributed by atoms with Crippen LogP contribution >= 0.6 is 0 Å². The minimum Gasteiger partial charge on any atom is -0.409 e. The van der Waals surface area contributed by atoms with Crippen molar-refractivity contribution in [2.75, 3.05) is 0 Å². The van der Waals surface area contributed by atoms with Gasteiger partial charge in [-0.05, 0) is 6.07 Å². The van der Waals surface area contributed by atoms with Crippen LogP contribution in [0.1, 0.15) is 0 Å². The zero-order valence-corrected chi connectivity index (χ0v) is 11.3. The van der Waals surface area contributed by atoms with E-state index in [0.717, 1.165) is 5.56 Å². The molecular formula is C15H12N4O2. The number of pyridine rings is 1. The zero-order valence-electron chi connectivity index (χ0n) is 11.3. The average molecular weight is 280 g/mol. The van der Waals surface area contributed by atoms with Crippen LogP contribution in [0, 0.1) is 0 Å². The molecule has 2 heterocycles. The van der Waals surface area contributed by atoms with E-state index in [9.17, 15) is 4.79 Å². The van der Waals surface area contributed by atoms with Crippen LogP contribution in [-0.2, 0) is 7.05 Å². The summed E-state index contributed by atoms with van der Waals surface area (Å²) < 4.78 is 1.39. The van der Waals surface area contributed by atoms with Crippen molar-refractivity contribution in [2.24, 2.45) is 12.2 Å². The van der Waals surface area contributed by atoms with E-state index in [1.807, 2.05) is 30.3 Å². The molecule has 2 aromatic heterocycles. The zero-order chi connectivity index (χ0) is 14.8. The van der Waals surface area contributed by atoms with Gasteiger partial charge in [0.15, 0.2) is 0 Å². The molecule has 0 amide bonds. The van der Waals surface area contributed by atoms with Crippen molar-refractivity contribution >= 4 is 10.9 Å². The van der Waals surface area contributed by atoms with Crippen molar-refractivity contribution in [3.63, 3.8) is 0 Å². The molecule has 0 bridgehead atoms. The lowest BCUT2D eigenvalue weighted by Crippen LogP contribution is -2.32. The quantitative estimate of drug-likeness (QED) is 0.538. The molecule has 0 fully saturated rings. The minimum atomic E-state index is -0.476. The average Bonchev–Trinajstić information content (AvgIpc) is 2.65. The summed E-state index contributed by atoms with van der Waals surface area (Å²) in [7, 11) is 1.61. The molecule has 0 saturated heterocycles. The number of rotatable bonds is 1. The predicted molar refractivity (Wildman–Crippen MR) is 77.6 cm³/mol. The fourth-order valence-corrected chi connectivity index (χ4v) is 2.22. The molecule has 3 rings (SSSR count). The molecule has 0 unspecified atom stereocenters. The third kappa shape index (κ3) is 2.16. The van der Waals surface area contributed by atoms with Crippen molar-refractivity contribution < 1.29 is 5.21 Å². The van der Waals surface area contributed by atoms with E-state index in [4.69, 9.17) is 5.21 Å². The SMILES string of the molecule is Cn1c(=O)c(=NO)nc(-c2ccccc2)c2cnccc21. The van der Waals surface area contributed by atoms with E-state index in [1.165, 1.54) is 4.57 Å². The Bertz CT molecular complexity index is 933. The minimum absolute atomic E-state index is 0.257. The maximum atomic E-state index is 12.2. The molecule has 0 saturated carbocycles. The molecule has 0 aliphatic rings. The largest absolute Gasteiger partial charge is 0.409 e. The van der Waals surface area contributed by atoms with Crippen LogP contribution in [-0.4, -0.2) is 19.7 Å². The second-order valence-electron chi connectivity index (χ2n) is 4.51. The fraction of sp³-hybridized carbons (Fsp3) is 0.0667. The number of fused-ring (bicyclic) bond motifs is 1. The van der Waals surface area contributed by atoms with Crippen LogP contribution in [0.15, 0.2) is 58.7 Å². The highest BCUT2D eigenvalue weighted by Crippen LogP contribution is 2.22. The van der Waals surface area contributed by atoms with Crippen LogP contribution in [0.4, 0.5) is 0 Å². The third-order valence-electron chi connectivity index (χ3n) is 3.27. The molecule has 104 valence electrons. The standard InChI is InChI=1S/C15H12N4O2/c1-19-12-7-8-16-9-11(12)13(10-5-3-2-4-6-10)17-14(18-21)15(19)20/h2-9,21H,1H3. The first-order chi connectivity index (χ1) is 10.2. The summed E-state index contributed by atoms with van der Waals surface area (Å²) >= 11 is 0. The number of hydrogen-bond acceptors (Lipinski definition) is 5. The number of benzene rings is 1. The summed E-state index contributed by atoms with van der Waals surface area (Å²) in [4.78, 5) is 20.6. The van der Waals surface area contributed by atoms with Crippen molar-refractivity contribution in [1.29, 1.82) is 0 Å². The number of aromatic nitrogens is 3. The molecule has 0 aliphatic heterocycles. The van der Waals surface area contributed by atoms with Crippen molar-refractivity contribution in [2.45, 2.75) is 0 Å². The Labute approximate surface area is 119 Å². The van der Waals surface area contributed by atoms with Crippen LogP contribution in [0.5, 0.6) is 0 Å². The van der Waals surface area contributed by atoms with Gasteiger partial charge in [0.25, 0.3) is 11.0 Å². The van der Waals surface area contributed by atoms with E-state index in [1.54, 1.807) is 25.5 Å². The van der Waals surface area contributed by atoms with Gasteiger partial charge in [-0.25, -0.2) is 4.98 Å². The Balaban J connectivity index is 2.60. The topological polar surface area (TPSA) is 80.4 Å². The molecule has 21 heavy (non-hydrogen) atoms. The molecule has 0 atom stereocenters. The Morgan fingerprint density at radius 2 is 1.95 bits per heavy atom. The maximum Gasteiger partial charge on any atom is 0.299 e. The smallest absolute Gasteiger partial charge is 0.299 e. The Kier molecular flexibility index (Phi) is 3.19. The van der Waals surface area contributed by atoms with E-state index in [0.29, 0.717) is 16.6 Å². The second-order valence-corrected chi connectivity index (χ2v) is 4.51. The number of nitrogens with zero attached hydrogens (tertiary/aromatic N) is 4. The second kappa shape index (κ2) is 5.16. The molecule has 6 nitrogen and oxygen atoms in total. The van der Waals surface area contributed by atoms with Crippen LogP contribution in [0.3, 0.4) is 0 Å². The van der Waals surface area contributed by atoms with Crippen molar-refractivity contribution in [3.05, 3.63) is 64.6 Å². The highest BCUT2D eigenvalue weighted by molar-refractivity contribution is 5.91. The molecule has 6 heteroatoms. The van der Waals surface area contributed by atoms with Crippen LogP contribution < -0.4 is 11.0 Å². The molecule has 0 spiro atoms. The summed E-state index contributed by atoms with van der Waals surface area (Å²) in [5, 5.41) is 12.8. The Morgan fingerprint density at radius 3 is 2.67 bits per heavy atom. The molecular weight excluding hydrogens is 268 g/mol. The Hall–Kier alpha value is -3.02. The first kappa shape index (κ1) is 13.0. The van der Waals surface area contributed by atoms with E-state index < -0.39 is 5.56 Å². The van der Waals surface area contributed by atoms with Gasteiger partial charge in [0.2, 0.25) is 0 Å². The van der Waals surface area contributed by atoms with Gasteiger partial charge in [-0.15, -0.1) is 0 Å². The van der Waals surface area contributed by atoms with E-state index >= 15 is 0 Å². The molecule has 0 aliphatic carbocycles. The molecule has 1 N–H and O–H groups in total. The van der Waals surface area contributed by atoms with Gasteiger partial charge in [-0.3, -0.25) is 9.78 Å². The first-order valence-electron chi connectivity index (χ1n) is 6.31. The lowest BCUT2D eigenvalue weighted by molar-refractivity contribution is 0.297. The van der Waals surface area contributed by atoms with Crippen molar-refractivity contribution in [3.8, 4) is 11.3 Å². The van der Waals surface area contributed by atoms with Gasteiger partial charge in [-0.2, -0.15) is 0 Å². The van der Waals surface area contributed by atoms with E-state index in [2.05, 4.69) is 15.1 Å². The molecule has 0 radical (unpaired) electrons. The van der Waals surface area contributed by atoms with Gasteiger partial charge in [0.1, 0.15) is 0 Å².